The zero-order valence-electron chi connectivity index (χ0n) is 11.0. The number of hydrogen-bond donors (Lipinski definition) is 2. The number of carbonyl (C=O) groups excluding carboxylic acids is 1. The molecule has 102 valence electrons. The molecule has 0 aliphatic heterocycles. The fraction of sp³-hybridized carbons (Fsp3) is 0.727. The van der Waals surface area contributed by atoms with Gasteiger partial charge in [0.05, 0.1) is 5.75 Å². The first-order valence-electron chi connectivity index (χ1n) is 5.98. The highest BCUT2D eigenvalue weighted by atomic mass is 32.2. The molecule has 1 heterocycles. The van der Waals surface area contributed by atoms with Gasteiger partial charge in [-0.2, -0.15) is 0 Å². The van der Waals surface area contributed by atoms with Gasteiger partial charge < -0.3 is 11.1 Å². The fourth-order valence-corrected chi connectivity index (χ4v) is 2.83. The van der Waals surface area contributed by atoms with Gasteiger partial charge in [-0.3, -0.25) is 4.79 Å². The van der Waals surface area contributed by atoms with Gasteiger partial charge in [0.2, 0.25) is 11.0 Å². The third kappa shape index (κ3) is 6.20. The maximum absolute atomic E-state index is 11.7. The van der Waals surface area contributed by atoms with Gasteiger partial charge in [0, 0.05) is 6.04 Å². The van der Waals surface area contributed by atoms with Crippen LogP contribution in [-0.2, 0) is 4.79 Å². The summed E-state index contributed by atoms with van der Waals surface area (Å²) >= 11 is 2.67. The Bertz CT molecular complexity index is 381. The summed E-state index contributed by atoms with van der Waals surface area (Å²) in [5.74, 6) is 1.06. The second kappa shape index (κ2) is 7.58. The molecule has 5 nitrogen and oxygen atoms in total. The lowest BCUT2D eigenvalue weighted by Crippen LogP contribution is -2.33. The molecule has 0 spiro atoms. The first kappa shape index (κ1) is 15.2. The van der Waals surface area contributed by atoms with Crippen LogP contribution in [0.15, 0.2) is 4.34 Å². The van der Waals surface area contributed by atoms with Crippen molar-refractivity contribution in [2.75, 3.05) is 11.5 Å². The van der Waals surface area contributed by atoms with E-state index in [4.69, 9.17) is 5.73 Å². The maximum Gasteiger partial charge on any atom is 0.230 e. The highest BCUT2D eigenvalue weighted by Crippen LogP contribution is 2.23. The van der Waals surface area contributed by atoms with E-state index in [0.29, 0.717) is 16.8 Å². The minimum atomic E-state index is 0.0324. The summed E-state index contributed by atoms with van der Waals surface area (Å²) in [6.45, 7) is 6.41. The SMILES string of the molecule is CC(C)CCC(C)NC(=O)CSc1nnc(N)s1. The van der Waals surface area contributed by atoms with Gasteiger partial charge in [0.1, 0.15) is 0 Å². The third-order valence-electron chi connectivity index (χ3n) is 2.33. The highest BCUT2D eigenvalue weighted by molar-refractivity contribution is 8.01. The van der Waals surface area contributed by atoms with Crippen molar-refractivity contribution in [1.29, 1.82) is 0 Å². The van der Waals surface area contributed by atoms with Gasteiger partial charge in [-0.05, 0) is 25.7 Å². The molecule has 1 aromatic rings. The second-order valence-corrected chi connectivity index (χ2v) is 6.87. The van der Waals surface area contributed by atoms with E-state index < -0.39 is 0 Å². The normalized spacial score (nSPS) is 12.7. The largest absolute Gasteiger partial charge is 0.374 e. The molecule has 0 aliphatic carbocycles. The first-order chi connectivity index (χ1) is 8.47. The minimum Gasteiger partial charge on any atom is -0.374 e. The van der Waals surface area contributed by atoms with Crippen LogP contribution in [0, 0.1) is 5.92 Å². The quantitative estimate of drug-likeness (QED) is 0.751. The second-order valence-electron chi connectivity index (χ2n) is 4.63. The number of aromatic nitrogens is 2. The molecule has 0 aromatic carbocycles. The number of amides is 1. The molecule has 1 amide bonds. The summed E-state index contributed by atoms with van der Waals surface area (Å²) in [5.41, 5.74) is 5.46. The minimum absolute atomic E-state index is 0.0324. The number of rotatable bonds is 7. The van der Waals surface area contributed by atoms with E-state index in [1.165, 1.54) is 23.1 Å². The highest BCUT2D eigenvalue weighted by Gasteiger charge is 2.10. The Balaban J connectivity index is 2.20. The Labute approximate surface area is 116 Å². The number of nitrogens with two attached hydrogens (primary N) is 1. The van der Waals surface area contributed by atoms with E-state index in [9.17, 15) is 4.79 Å². The van der Waals surface area contributed by atoms with Gasteiger partial charge in [0.15, 0.2) is 4.34 Å². The third-order valence-corrected chi connectivity index (χ3v) is 4.22. The lowest BCUT2D eigenvalue weighted by molar-refractivity contribution is -0.119. The Hall–Kier alpha value is -0.820. The van der Waals surface area contributed by atoms with E-state index in [1.54, 1.807) is 0 Å². The van der Waals surface area contributed by atoms with Crippen LogP contribution in [0.4, 0.5) is 5.13 Å². The standard InChI is InChI=1S/C11H20N4OS2/c1-7(2)4-5-8(3)13-9(16)6-17-11-15-14-10(12)18-11/h7-8H,4-6H2,1-3H3,(H2,12,14)(H,13,16). The van der Waals surface area contributed by atoms with Crippen molar-refractivity contribution in [2.24, 2.45) is 5.92 Å². The number of hydrogen-bond acceptors (Lipinski definition) is 6. The smallest absolute Gasteiger partial charge is 0.230 e. The van der Waals surface area contributed by atoms with Crippen LogP contribution in [0.2, 0.25) is 0 Å². The molecular weight excluding hydrogens is 268 g/mol. The van der Waals surface area contributed by atoms with Gasteiger partial charge in [0.25, 0.3) is 0 Å². The van der Waals surface area contributed by atoms with Crippen molar-refractivity contribution >= 4 is 34.1 Å². The van der Waals surface area contributed by atoms with Crippen LogP contribution in [0.1, 0.15) is 33.6 Å². The molecule has 1 atom stereocenters. The number of nitrogen functional groups attached to an aromatic ring is 1. The van der Waals surface area contributed by atoms with Crippen molar-refractivity contribution in [3.63, 3.8) is 0 Å². The van der Waals surface area contributed by atoms with E-state index in [2.05, 4.69) is 29.4 Å². The maximum atomic E-state index is 11.7. The number of nitrogens with one attached hydrogen (secondary N) is 1. The molecule has 18 heavy (non-hydrogen) atoms. The van der Waals surface area contributed by atoms with Gasteiger partial charge in [-0.1, -0.05) is 36.9 Å². The predicted molar refractivity (Wildman–Crippen MR) is 76.7 cm³/mol. The van der Waals surface area contributed by atoms with Crippen LogP contribution in [-0.4, -0.2) is 27.9 Å². The molecular formula is C11H20N4OS2. The Morgan fingerprint density at radius 1 is 1.39 bits per heavy atom. The molecule has 0 aliphatic rings. The van der Waals surface area contributed by atoms with Crippen LogP contribution >= 0.6 is 23.1 Å². The molecule has 0 radical (unpaired) electrons. The Kier molecular flexibility index (Phi) is 6.42. The van der Waals surface area contributed by atoms with Crippen LogP contribution in [0.25, 0.3) is 0 Å². The van der Waals surface area contributed by atoms with E-state index in [-0.39, 0.29) is 11.9 Å². The van der Waals surface area contributed by atoms with Crippen LogP contribution in [0.5, 0.6) is 0 Å². The monoisotopic (exact) mass is 288 g/mol. The molecule has 0 bridgehead atoms. The van der Waals surface area contributed by atoms with Crippen molar-refractivity contribution in [3.05, 3.63) is 0 Å². The molecule has 3 N–H and O–H groups in total. The van der Waals surface area contributed by atoms with Crippen LogP contribution in [0.3, 0.4) is 0 Å². The average molecular weight is 288 g/mol. The Morgan fingerprint density at radius 2 is 2.11 bits per heavy atom. The zero-order chi connectivity index (χ0) is 13.5. The number of anilines is 1. The topological polar surface area (TPSA) is 80.9 Å². The van der Waals surface area contributed by atoms with Gasteiger partial charge in [-0.25, -0.2) is 0 Å². The molecule has 1 rings (SSSR count). The van der Waals surface area contributed by atoms with Crippen molar-refractivity contribution in [1.82, 2.24) is 15.5 Å². The first-order valence-corrected chi connectivity index (χ1v) is 7.78. The lowest BCUT2D eigenvalue weighted by Gasteiger charge is -2.14. The van der Waals surface area contributed by atoms with E-state index in [1.807, 2.05) is 6.92 Å². The molecule has 0 saturated carbocycles. The van der Waals surface area contributed by atoms with E-state index >= 15 is 0 Å². The fourth-order valence-electron chi connectivity index (χ4n) is 1.38. The van der Waals surface area contributed by atoms with Gasteiger partial charge >= 0.3 is 0 Å². The summed E-state index contributed by atoms with van der Waals surface area (Å²) < 4.78 is 0.734. The molecule has 7 heteroatoms. The van der Waals surface area contributed by atoms with E-state index in [0.717, 1.165) is 17.2 Å². The van der Waals surface area contributed by atoms with Crippen molar-refractivity contribution < 1.29 is 4.79 Å². The number of nitrogens with zero attached hydrogens (tertiary/aromatic N) is 2. The van der Waals surface area contributed by atoms with Crippen LogP contribution < -0.4 is 11.1 Å². The molecule has 0 saturated heterocycles. The average Bonchev–Trinajstić information content (AvgIpc) is 2.70. The molecule has 0 fully saturated rings. The summed E-state index contributed by atoms with van der Waals surface area (Å²) in [7, 11) is 0. The summed E-state index contributed by atoms with van der Waals surface area (Å²) in [6, 6.07) is 0.222. The lowest BCUT2D eigenvalue weighted by atomic mass is 10.0. The molecule has 1 unspecified atom stereocenters. The van der Waals surface area contributed by atoms with Crippen molar-refractivity contribution in [2.45, 2.75) is 44.0 Å². The summed E-state index contributed by atoms with van der Waals surface area (Å²) in [6.07, 6.45) is 2.14. The Morgan fingerprint density at radius 3 is 2.67 bits per heavy atom. The molecule has 1 aromatic heterocycles. The summed E-state index contributed by atoms with van der Waals surface area (Å²) in [4.78, 5) is 11.7. The number of thioether (sulfide) groups is 1. The van der Waals surface area contributed by atoms with Gasteiger partial charge in [-0.15, -0.1) is 10.2 Å². The predicted octanol–water partition coefficient (Wildman–Crippen LogP) is 2.15. The summed E-state index contributed by atoms with van der Waals surface area (Å²) in [5, 5.41) is 11.0. The number of carbonyl (C=O) groups is 1. The van der Waals surface area contributed by atoms with Crippen molar-refractivity contribution in [3.8, 4) is 0 Å². The zero-order valence-corrected chi connectivity index (χ0v) is 12.6.